The summed E-state index contributed by atoms with van der Waals surface area (Å²) < 4.78 is 54.4. The predicted octanol–water partition coefficient (Wildman–Crippen LogP) is 3.77. The second kappa shape index (κ2) is 9.01. The molecule has 0 bridgehead atoms. The molecule has 27 heavy (non-hydrogen) atoms. The molecule has 5 nitrogen and oxygen atoms in total. The fourth-order valence-corrected chi connectivity index (χ4v) is 4.00. The van der Waals surface area contributed by atoms with E-state index in [0.29, 0.717) is 24.5 Å². The zero-order chi connectivity index (χ0) is 19.3. The van der Waals surface area contributed by atoms with E-state index in [0.717, 1.165) is 0 Å². The number of hydrogen-bond donors (Lipinski definition) is 0. The van der Waals surface area contributed by atoms with Gasteiger partial charge in [-0.1, -0.05) is 18.2 Å². The Hall–Kier alpha value is -1.67. The van der Waals surface area contributed by atoms with Crippen molar-refractivity contribution in [3.63, 3.8) is 0 Å². The Labute approximate surface area is 163 Å². The van der Waals surface area contributed by atoms with Crippen molar-refractivity contribution in [3.05, 3.63) is 60.4 Å². The Bertz CT molecular complexity index is 829. The van der Waals surface area contributed by atoms with Crippen LogP contribution in [0.3, 0.4) is 0 Å². The first-order valence-electron chi connectivity index (χ1n) is 8.56. The first-order chi connectivity index (χ1) is 13.0. The van der Waals surface area contributed by atoms with Gasteiger partial charge in [0.1, 0.15) is 24.3 Å². The Kier molecular flexibility index (Phi) is 6.70. The third kappa shape index (κ3) is 5.90. The third-order valence-corrected chi connectivity index (χ3v) is 5.84. The minimum absolute atomic E-state index is 0.00988. The number of rotatable bonds is 10. The average Bonchev–Trinajstić information content (AvgIpc) is 3.44. The van der Waals surface area contributed by atoms with E-state index in [1.807, 2.05) is 0 Å². The van der Waals surface area contributed by atoms with Crippen molar-refractivity contribution in [3.8, 4) is 5.75 Å². The first-order valence-corrected chi connectivity index (χ1v) is 10.5. The Balaban J connectivity index is 1.64. The van der Waals surface area contributed by atoms with Crippen molar-refractivity contribution < 1.29 is 26.5 Å². The van der Waals surface area contributed by atoms with E-state index in [-0.39, 0.29) is 29.5 Å². The highest BCUT2D eigenvalue weighted by atomic mass is 35.5. The molecule has 0 aromatic heterocycles. The number of alkyl halides is 1. The van der Waals surface area contributed by atoms with E-state index in [1.165, 1.54) is 36.4 Å². The summed E-state index contributed by atoms with van der Waals surface area (Å²) in [7, 11) is -3.92. The standard InChI is InChI=1S/C19H20ClFO5S/c20-12-19-18(25-19)11-10-16(13-24-15-8-6-14(21)7-9-15)26-27(22,23)17-4-2-1-3-5-17/h1-9,16,18-19H,10-13H2/t16-,18+,19+/m1/s1. The summed E-state index contributed by atoms with van der Waals surface area (Å²) in [6, 6.07) is 13.4. The van der Waals surface area contributed by atoms with E-state index in [9.17, 15) is 12.8 Å². The Morgan fingerprint density at radius 1 is 1.07 bits per heavy atom. The number of hydrogen-bond acceptors (Lipinski definition) is 5. The minimum Gasteiger partial charge on any atom is -0.491 e. The summed E-state index contributed by atoms with van der Waals surface area (Å²) >= 11 is 5.74. The van der Waals surface area contributed by atoms with Gasteiger partial charge in [-0.25, -0.2) is 4.39 Å². The largest absolute Gasteiger partial charge is 0.491 e. The Morgan fingerprint density at radius 3 is 2.41 bits per heavy atom. The monoisotopic (exact) mass is 414 g/mol. The highest BCUT2D eigenvalue weighted by molar-refractivity contribution is 7.86. The van der Waals surface area contributed by atoms with Crippen LogP contribution in [0.1, 0.15) is 12.8 Å². The molecule has 1 aliphatic heterocycles. The average molecular weight is 415 g/mol. The van der Waals surface area contributed by atoms with Gasteiger partial charge in [0.05, 0.1) is 23.0 Å². The lowest BCUT2D eigenvalue weighted by atomic mass is 10.1. The van der Waals surface area contributed by atoms with Crippen LogP contribution in [0.25, 0.3) is 0 Å². The lowest BCUT2D eigenvalue weighted by Gasteiger charge is -2.18. The lowest BCUT2D eigenvalue weighted by molar-refractivity contribution is 0.122. The van der Waals surface area contributed by atoms with Crippen molar-refractivity contribution in [2.24, 2.45) is 0 Å². The fourth-order valence-electron chi connectivity index (χ4n) is 2.62. The van der Waals surface area contributed by atoms with Crippen molar-refractivity contribution in [2.75, 3.05) is 12.5 Å². The molecule has 0 aliphatic carbocycles. The summed E-state index contributed by atoms with van der Waals surface area (Å²) in [5.41, 5.74) is 0. The van der Waals surface area contributed by atoms with Crippen molar-refractivity contribution in [2.45, 2.75) is 36.0 Å². The van der Waals surface area contributed by atoms with Gasteiger partial charge in [-0.3, -0.25) is 4.18 Å². The van der Waals surface area contributed by atoms with Crippen molar-refractivity contribution in [1.82, 2.24) is 0 Å². The number of benzene rings is 2. The minimum atomic E-state index is -3.92. The molecule has 1 aliphatic rings. The second-order valence-electron chi connectivity index (χ2n) is 6.19. The van der Waals surface area contributed by atoms with Crippen molar-refractivity contribution in [1.29, 1.82) is 0 Å². The highest BCUT2D eigenvalue weighted by Gasteiger charge is 2.38. The summed E-state index contributed by atoms with van der Waals surface area (Å²) in [6.45, 7) is 0.00988. The van der Waals surface area contributed by atoms with E-state index in [4.69, 9.17) is 25.3 Å². The maximum Gasteiger partial charge on any atom is 0.297 e. The zero-order valence-electron chi connectivity index (χ0n) is 14.5. The number of epoxide rings is 1. The smallest absolute Gasteiger partial charge is 0.297 e. The SMILES string of the molecule is O=S(=O)(O[C@H](CC[C@@H]1O[C@H]1CCl)COc1ccc(F)cc1)c1ccccc1. The van der Waals surface area contributed by atoms with Gasteiger partial charge >= 0.3 is 0 Å². The van der Waals surface area contributed by atoms with E-state index < -0.39 is 16.2 Å². The van der Waals surface area contributed by atoms with Gasteiger partial charge in [-0.05, 0) is 49.2 Å². The summed E-state index contributed by atoms with van der Waals surface area (Å²) in [5, 5.41) is 0. The molecule has 3 atom stereocenters. The summed E-state index contributed by atoms with van der Waals surface area (Å²) in [5.74, 6) is 0.466. The highest BCUT2D eigenvalue weighted by Crippen LogP contribution is 2.29. The van der Waals surface area contributed by atoms with Crippen LogP contribution in [0.2, 0.25) is 0 Å². The third-order valence-electron chi connectivity index (χ3n) is 4.16. The molecular formula is C19H20ClFO5S. The van der Waals surface area contributed by atoms with Crippen LogP contribution in [0.5, 0.6) is 5.75 Å². The van der Waals surface area contributed by atoms with Gasteiger partial charge in [-0.2, -0.15) is 8.42 Å². The summed E-state index contributed by atoms with van der Waals surface area (Å²) in [4.78, 5) is 0.0816. The first kappa shape index (κ1) is 20.1. The second-order valence-corrected chi connectivity index (χ2v) is 8.08. The molecule has 1 saturated heterocycles. The molecule has 3 rings (SSSR count). The normalized spacial score (nSPS) is 20.2. The molecule has 146 valence electrons. The van der Waals surface area contributed by atoms with Crippen LogP contribution < -0.4 is 4.74 Å². The molecule has 8 heteroatoms. The number of ether oxygens (including phenoxy) is 2. The molecule has 0 N–H and O–H groups in total. The van der Waals surface area contributed by atoms with Crippen LogP contribution in [-0.2, 0) is 19.0 Å². The summed E-state index contributed by atoms with van der Waals surface area (Å²) in [6.07, 6.45) is 0.347. The van der Waals surface area contributed by atoms with Crippen LogP contribution in [-0.4, -0.2) is 39.2 Å². The van der Waals surface area contributed by atoms with Gasteiger partial charge in [0.15, 0.2) is 0 Å². The van der Waals surface area contributed by atoms with Gasteiger partial charge in [0.25, 0.3) is 10.1 Å². The molecule has 0 amide bonds. The molecule has 2 aromatic rings. The quantitative estimate of drug-likeness (QED) is 0.336. The van der Waals surface area contributed by atoms with E-state index in [2.05, 4.69) is 0 Å². The predicted molar refractivity (Wildman–Crippen MR) is 99.0 cm³/mol. The topological polar surface area (TPSA) is 65.1 Å². The van der Waals surface area contributed by atoms with Crippen LogP contribution >= 0.6 is 11.6 Å². The molecule has 1 heterocycles. The van der Waals surface area contributed by atoms with E-state index >= 15 is 0 Å². The molecular weight excluding hydrogens is 395 g/mol. The van der Waals surface area contributed by atoms with Gasteiger partial charge in [-0.15, -0.1) is 11.6 Å². The van der Waals surface area contributed by atoms with Crippen LogP contribution in [0.4, 0.5) is 4.39 Å². The Morgan fingerprint density at radius 2 is 1.78 bits per heavy atom. The van der Waals surface area contributed by atoms with Crippen molar-refractivity contribution >= 4 is 21.7 Å². The van der Waals surface area contributed by atoms with Gasteiger partial charge in [0, 0.05) is 0 Å². The zero-order valence-corrected chi connectivity index (χ0v) is 16.0. The number of halogens is 2. The molecule has 1 fully saturated rings. The molecule has 0 saturated carbocycles. The van der Waals surface area contributed by atoms with Gasteiger partial charge < -0.3 is 9.47 Å². The maximum absolute atomic E-state index is 13.0. The fraction of sp³-hybridized carbons (Fsp3) is 0.368. The lowest BCUT2D eigenvalue weighted by Crippen LogP contribution is -2.26. The van der Waals surface area contributed by atoms with E-state index in [1.54, 1.807) is 18.2 Å². The molecule has 2 aromatic carbocycles. The van der Waals surface area contributed by atoms with Crippen LogP contribution in [0.15, 0.2) is 59.5 Å². The molecule has 0 unspecified atom stereocenters. The van der Waals surface area contributed by atoms with Gasteiger partial charge in [0.2, 0.25) is 0 Å². The molecule has 0 radical (unpaired) electrons. The maximum atomic E-state index is 13.0. The van der Waals surface area contributed by atoms with Crippen LogP contribution in [0, 0.1) is 5.82 Å². The molecule has 0 spiro atoms.